The van der Waals surface area contributed by atoms with Crippen LogP contribution in [0.25, 0.3) is 0 Å². The molecule has 0 saturated carbocycles. The molecule has 0 heterocycles. The molecule has 7 rings (SSSR count). The summed E-state index contributed by atoms with van der Waals surface area (Å²) in [5, 5.41) is 0. The van der Waals surface area contributed by atoms with Gasteiger partial charge in [0, 0.05) is 11.8 Å². The summed E-state index contributed by atoms with van der Waals surface area (Å²) < 4.78 is 11.3. The summed E-state index contributed by atoms with van der Waals surface area (Å²) in [5.74, 6) is 0.0756. The van der Waals surface area contributed by atoms with Crippen LogP contribution in [0.2, 0.25) is 0 Å². The van der Waals surface area contributed by atoms with E-state index in [-0.39, 0.29) is 42.7 Å². The van der Waals surface area contributed by atoms with Crippen molar-refractivity contribution in [3.05, 3.63) is 100 Å². The molecule has 2 bridgehead atoms. The van der Waals surface area contributed by atoms with Crippen LogP contribution in [0.4, 0.5) is 0 Å². The second kappa shape index (κ2) is 8.75. The van der Waals surface area contributed by atoms with Gasteiger partial charge in [0.2, 0.25) is 0 Å². The first-order chi connectivity index (χ1) is 16.7. The van der Waals surface area contributed by atoms with E-state index in [0.29, 0.717) is 5.75 Å². The maximum Gasteiger partial charge on any atom is 0.314 e. The number of carbonyl (C=O) groups excluding carboxylic acids is 2. The minimum Gasteiger partial charge on any atom is -0.465 e. The van der Waals surface area contributed by atoms with Gasteiger partial charge < -0.3 is 9.47 Å². The first kappa shape index (κ1) is 21.2. The van der Waals surface area contributed by atoms with Crippen LogP contribution in [-0.2, 0) is 27.2 Å². The Kier molecular flexibility index (Phi) is 5.44. The number of aryl methyl sites for hydroxylation is 1. The molecule has 172 valence electrons. The normalized spacial score (nSPS) is 21.7. The molecule has 0 N–H and O–H groups in total. The third-order valence-electron chi connectivity index (χ3n) is 7.73. The molecule has 1 unspecified atom stereocenters. The van der Waals surface area contributed by atoms with Crippen molar-refractivity contribution in [3.8, 4) is 5.75 Å². The standard InChI is InChI=1S/C30H28O4/c31-28(34-27-15-7-9-19-8-1-2-10-20(19)27)16-17-33-30(32)26-18-25-21-11-3-5-13-23(21)29(26)24-14-6-4-12-22(24)25/h3-7,9,11-15,25-26,29H,1-2,8,10,16-18H2. The Balaban J connectivity index is 1.12. The third-order valence-corrected chi connectivity index (χ3v) is 7.73. The Morgan fingerprint density at radius 2 is 1.47 bits per heavy atom. The van der Waals surface area contributed by atoms with E-state index in [1.54, 1.807) is 0 Å². The predicted molar refractivity (Wildman–Crippen MR) is 129 cm³/mol. The highest BCUT2D eigenvalue weighted by atomic mass is 16.5. The molecule has 0 aliphatic heterocycles. The largest absolute Gasteiger partial charge is 0.465 e. The zero-order valence-corrected chi connectivity index (χ0v) is 19.2. The van der Waals surface area contributed by atoms with Gasteiger partial charge in [-0.05, 0) is 71.6 Å². The van der Waals surface area contributed by atoms with Crippen LogP contribution in [0.15, 0.2) is 66.7 Å². The maximum atomic E-state index is 13.2. The molecule has 4 heteroatoms. The number of hydrogen-bond donors (Lipinski definition) is 0. The molecule has 0 radical (unpaired) electrons. The lowest BCUT2D eigenvalue weighted by molar-refractivity contribution is -0.151. The van der Waals surface area contributed by atoms with Crippen molar-refractivity contribution < 1.29 is 19.1 Å². The van der Waals surface area contributed by atoms with Crippen LogP contribution < -0.4 is 4.74 Å². The van der Waals surface area contributed by atoms with Crippen LogP contribution in [0.5, 0.6) is 5.75 Å². The van der Waals surface area contributed by atoms with Gasteiger partial charge in [0.15, 0.2) is 0 Å². The molecule has 4 nitrogen and oxygen atoms in total. The van der Waals surface area contributed by atoms with E-state index in [4.69, 9.17) is 9.47 Å². The summed E-state index contributed by atoms with van der Waals surface area (Å²) in [6.45, 7) is 0.0455. The summed E-state index contributed by atoms with van der Waals surface area (Å²) in [6, 6.07) is 22.8. The Labute approximate surface area is 199 Å². The van der Waals surface area contributed by atoms with Gasteiger partial charge in [0.1, 0.15) is 12.4 Å². The SMILES string of the molecule is O=C(CCOC(=O)C1CC2c3ccccc3C1c1ccccc12)Oc1cccc2c1CCCC2. The first-order valence-electron chi connectivity index (χ1n) is 12.4. The van der Waals surface area contributed by atoms with Crippen LogP contribution in [0, 0.1) is 5.92 Å². The average molecular weight is 453 g/mol. The highest BCUT2D eigenvalue weighted by Crippen LogP contribution is 2.55. The quantitative estimate of drug-likeness (QED) is 0.368. The number of esters is 2. The van der Waals surface area contributed by atoms with Gasteiger partial charge in [-0.1, -0.05) is 60.7 Å². The fourth-order valence-corrected chi connectivity index (χ4v) is 6.23. The fraction of sp³-hybridized carbons (Fsp3) is 0.333. The van der Waals surface area contributed by atoms with Crippen LogP contribution in [0.3, 0.4) is 0 Å². The molecule has 3 aromatic rings. The Morgan fingerprint density at radius 1 is 0.794 bits per heavy atom. The van der Waals surface area contributed by atoms with Crippen LogP contribution in [-0.4, -0.2) is 18.5 Å². The minimum absolute atomic E-state index is 0.00712. The molecule has 0 spiro atoms. The molecule has 0 fully saturated rings. The number of fused-ring (bicyclic) bond motifs is 2. The van der Waals surface area contributed by atoms with Crippen molar-refractivity contribution in [3.63, 3.8) is 0 Å². The molecule has 3 aromatic carbocycles. The topological polar surface area (TPSA) is 52.6 Å². The lowest BCUT2D eigenvalue weighted by Crippen LogP contribution is -2.37. The monoisotopic (exact) mass is 452 g/mol. The first-order valence-corrected chi connectivity index (χ1v) is 12.4. The van der Waals surface area contributed by atoms with E-state index in [0.717, 1.165) is 31.2 Å². The summed E-state index contributed by atoms with van der Waals surface area (Å²) in [7, 11) is 0. The van der Waals surface area contributed by atoms with Crippen molar-refractivity contribution >= 4 is 11.9 Å². The van der Waals surface area contributed by atoms with Crippen molar-refractivity contribution in [1.29, 1.82) is 0 Å². The molecule has 4 aliphatic carbocycles. The maximum absolute atomic E-state index is 13.2. The van der Waals surface area contributed by atoms with Gasteiger partial charge in [-0.3, -0.25) is 9.59 Å². The number of ether oxygens (including phenoxy) is 2. The molecule has 1 atom stereocenters. The number of hydrogen-bond acceptors (Lipinski definition) is 4. The highest BCUT2D eigenvalue weighted by molar-refractivity contribution is 5.78. The molecule has 0 aromatic heterocycles. The van der Waals surface area contributed by atoms with Crippen LogP contribution >= 0.6 is 0 Å². The molecule has 0 amide bonds. The van der Waals surface area contributed by atoms with E-state index in [1.807, 2.05) is 24.3 Å². The van der Waals surface area contributed by atoms with Crippen molar-refractivity contribution in [2.24, 2.45) is 5.92 Å². The lowest BCUT2D eigenvalue weighted by atomic mass is 9.59. The van der Waals surface area contributed by atoms with Gasteiger partial charge in [-0.15, -0.1) is 0 Å². The Bertz CT molecular complexity index is 1210. The molecule has 0 saturated heterocycles. The zero-order chi connectivity index (χ0) is 23.1. The molecule has 34 heavy (non-hydrogen) atoms. The summed E-state index contributed by atoms with van der Waals surface area (Å²) >= 11 is 0. The lowest BCUT2D eigenvalue weighted by Gasteiger charge is -2.44. The smallest absolute Gasteiger partial charge is 0.314 e. The summed E-state index contributed by atoms with van der Waals surface area (Å²) in [4.78, 5) is 25.7. The average Bonchev–Trinajstić information content (AvgIpc) is 2.89. The van der Waals surface area contributed by atoms with Gasteiger partial charge >= 0.3 is 11.9 Å². The van der Waals surface area contributed by atoms with Gasteiger partial charge in [-0.2, -0.15) is 0 Å². The number of rotatable bonds is 5. The fourth-order valence-electron chi connectivity index (χ4n) is 6.23. The van der Waals surface area contributed by atoms with E-state index in [2.05, 4.69) is 42.5 Å². The van der Waals surface area contributed by atoms with E-state index >= 15 is 0 Å². The van der Waals surface area contributed by atoms with Crippen LogP contribution in [0.1, 0.15) is 70.9 Å². The zero-order valence-electron chi connectivity index (χ0n) is 19.2. The van der Waals surface area contributed by atoms with Crippen molar-refractivity contribution in [1.82, 2.24) is 0 Å². The van der Waals surface area contributed by atoms with Gasteiger partial charge in [0.25, 0.3) is 0 Å². The van der Waals surface area contributed by atoms with Gasteiger partial charge in [0.05, 0.1) is 12.3 Å². The van der Waals surface area contributed by atoms with Gasteiger partial charge in [-0.25, -0.2) is 0 Å². The Morgan fingerprint density at radius 3 is 2.21 bits per heavy atom. The summed E-state index contributed by atoms with van der Waals surface area (Å²) in [6.07, 6.45) is 5.09. The second-order valence-corrected chi connectivity index (χ2v) is 9.62. The second-order valence-electron chi connectivity index (χ2n) is 9.62. The van der Waals surface area contributed by atoms with Crippen molar-refractivity contribution in [2.45, 2.75) is 50.4 Å². The highest BCUT2D eigenvalue weighted by Gasteiger charge is 2.46. The van der Waals surface area contributed by atoms with E-state index in [1.165, 1.54) is 34.2 Å². The van der Waals surface area contributed by atoms with E-state index < -0.39 is 0 Å². The van der Waals surface area contributed by atoms with Crippen molar-refractivity contribution in [2.75, 3.05) is 6.61 Å². The predicted octanol–water partition coefficient (Wildman–Crippen LogP) is 5.70. The number of carbonyl (C=O) groups is 2. The third kappa shape index (κ3) is 3.62. The molecular formula is C30H28O4. The molecular weight excluding hydrogens is 424 g/mol. The number of benzene rings is 3. The van der Waals surface area contributed by atoms with E-state index in [9.17, 15) is 9.59 Å². The minimum atomic E-state index is -0.354. The Hall–Kier alpha value is -3.40. The summed E-state index contributed by atoms with van der Waals surface area (Å²) in [5.41, 5.74) is 7.53. The molecule has 4 aliphatic rings.